The predicted molar refractivity (Wildman–Crippen MR) is 109 cm³/mol. The number of thiophene rings is 2. The fraction of sp³-hybridized carbons (Fsp3) is 0.421. The number of hydrogen-bond acceptors (Lipinski definition) is 5. The van der Waals surface area contributed by atoms with Crippen LogP contribution in [0.1, 0.15) is 24.1 Å². The van der Waals surface area contributed by atoms with Crippen molar-refractivity contribution in [1.82, 2.24) is 14.0 Å². The van der Waals surface area contributed by atoms with Crippen molar-refractivity contribution in [1.29, 1.82) is 0 Å². The van der Waals surface area contributed by atoms with Crippen molar-refractivity contribution >= 4 is 38.8 Å². The van der Waals surface area contributed by atoms with Crippen molar-refractivity contribution in [2.75, 3.05) is 13.1 Å². The molecular formula is C19H21N3O3S2. The summed E-state index contributed by atoms with van der Waals surface area (Å²) >= 11 is 2.93. The molecule has 142 valence electrons. The quantitative estimate of drug-likeness (QED) is 0.658. The van der Waals surface area contributed by atoms with Crippen LogP contribution >= 0.6 is 22.7 Å². The third-order valence-corrected chi connectivity index (χ3v) is 6.83. The summed E-state index contributed by atoms with van der Waals surface area (Å²) in [4.78, 5) is 41.5. The van der Waals surface area contributed by atoms with Gasteiger partial charge in [0.25, 0.3) is 5.56 Å². The number of carbonyl (C=O) groups is 1. The highest BCUT2D eigenvalue weighted by Crippen LogP contribution is 2.17. The number of piperidine rings is 1. The predicted octanol–water partition coefficient (Wildman–Crippen LogP) is 2.54. The van der Waals surface area contributed by atoms with E-state index >= 15 is 0 Å². The van der Waals surface area contributed by atoms with Gasteiger partial charge in [0.1, 0.15) is 11.2 Å². The molecule has 1 aliphatic rings. The second-order valence-corrected chi connectivity index (χ2v) is 8.68. The summed E-state index contributed by atoms with van der Waals surface area (Å²) in [6, 6.07) is 5.72. The fourth-order valence-electron chi connectivity index (χ4n) is 3.54. The second-order valence-electron chi connectivity index (χ2n) is 6.73. The SMILES string of the molecule is O=C(Cn1c(=O)n(CCc2cccs2)c(=O)c2sccc21)N1CCCCC1. The Morgan fingerprint density at radius 3 is 2.56 bits per heavy atom. The topological polar surface area (TPSA) is 64.3 Å². The number of likely N-dealkylation sites (tertiary alicyclic amines) is 1. The first-order chi connectivity index (χ1) is 13.1. The molecule has 1 amide bonds. The molecule has 0 aromatic carbocycles. The van der Waals surface area contributed by atoms with Crippen LogP contribution in [-0.4, -0.2) is 33.0 Å². The first kappa shape index (κ1) is 18.2. The molecule has 6 nitrogen and oxygen atoms in total. The van der Waals surface area contributed by atoms with Crippen LogP contribution in [-0.2, 0) is 24.3 Å². The monoisotopic (exact) mass is 403 g/mol. The van der Waals surface area contributed by atoms with Crippen LogP contribution in [0.15, 0.2) is 38.5 Å². The standard InChI is InChI=1S/C19H21N3O3S2/c23-16(20-8-2-1-3-9-20)13-22-15-7-12-27-17(15)18(24)21(19(22)25)10-6-14-5-4-11-26-14/h4-5,7,11-12H,1-3,6,8-10,13H2. The van der Waals surface area contributed by atoms with Crippen molar-refractivity contribution in [3.63, 3.8) is 0 Å². The Morgan fingerprint density at radius 1 is 1.00 bits per heavy atom. The highest BCUT2D eigenvalue weighted by atomic mass is 32.1. The average Bonchev–Trinajstić information content (AvgIpc) is 3.37. The van der Waals surface area contributed by atoms with E-state index in [0.29, 0.717) is 23.2 Å². The number of hydrogen-bond donors (Lipinski definition) is 0. The van der Waals surface area contributed by atoms with Crippen LogP contribution in [0.4, 0.5) is 0 Å². The summed E-state index contributed by atoms with van der Waals surface area (Å²) in [6.45, 7) is 1.81. The first-order valence-corrected chi connectivity index (χ1v) is 10.9. The van der Waals surface area contributed by atoms with Crippen LogP contribution in [0.2, 0.25) is 0 Å². The highest BCUT2D eigenvalue weighted by molar-refractivity contribution is 7.17. The van der Waals surface area contributed by atoms with Crippen molar-refractivity contribution in [2.24, 2.45) is 0 Å². The second kappa shape index (κ2) is 7.82. The van der Waals surface area contributed by atoms with E-state index in [1.54, 1.807) is 22.8 Å². The zero-order valence-corrected chi connectivity index (χ0v) is 16.6. The Hall–Kier alpha value is -2.19. The maximum Gasteiger partial charge on any atom is 0.332 e. The summed E-state index contributed by atoms with van der Waals surface area (Å²) in [5.41, 5.74) is -0.0937. The molecule has 4 heterocycles. The minimum absolute atomic E-state index is 0.00858. The van der Waals surface area contributed by atoms with Gasteiger partial charge in [0.15, 0.2) is 0 Å². The minimum atomic E-state index is -0.396. The lowest BCUT2D eigenvalue weighted by Gasteiger charge is -2.27. The molecule has 0 aliphatic carbocycles. The first-order valence-electron chi connectivity index (χ1n) is 9.16. The van der Waals surface area contributed by atoms with E-state index in [1.165, 1.54) is 20.5 Å². The van der Waals surface area contributed by atoms with Gasteiger partial charge in [-0.3, -0.25) is 18.7 Å². The number of aryl methyl sites for hydroxylation is 1. The molecule has 1 aliphatic heterocycles. The van der Waals surface area contributed by atoms with Gasteiger partial charge in [-0.1, -0.05) is 6.07 Å². The third kappa shape index (κ3) is 3.64. The molecule has 0 saturated carbocycles. The molecule has 3 aromatic rings. The van der Waals surface area contributed by atoms with Crippen LogP contribution in [0.5, 0.6) is 0 Å². The van der Waals surface area contributed by atoms with Gasteiger partial charge in [-0.25, -0.2) is 4.79 Å². The van der Waals surface area contributed by atoms with Crippen molar-refractivity contribution < 1.29 is 4.79 Å². The summed E-state index contributed by atoms with van der Waals surface area (Å²) in [5, 5.41) is 3.78. The Labute approximate surface area is 164 Å². The molecule has 8 heteroatoms. The highest BCUT2D eigenvalue weighted by Gasteiger charge is 2.21. The van der Waals surface area contributed by atoms with E-state index in [9.17, 15) is 14.4 Å². The average molecular weight is 404 g/mol. The maximum absolute atomic E-state index is 13.0. The van der Waals surface area contributed by atoms with Crippen LogP contribution < -0.4 is 11.2 Å². The van der Waals surface area contributed by atoms with Gasteiger partial charge in [0.05, 0.1) is 5.52 Å². The number of aromatic nitrogens is 2. The van der Waals surface area contributed by atoms with Gasteiger partial charge < -0.3 is 4.90 Å². The zero-order chi connectivity index (χ0) is 18.8. The normalized spacial score (nSPS) is 14.7. The summed E-state index contributed by atoms with van der Waals surface area (Å²) in [7, 11) is 0. The molecule has 0 unspecified atom stereocenters. The fourth-order valence-corrected chi connectivity index (χ4v) is 5.08. The Morgan fingerprint density at radius 2 is 1.81 bits per heavy atom. The van der Waals surface area contributed by atoms with E-state index in [0.717, 1.165) is 37.2 Å². The lowest BCUT2D eigenvalue weighted by Crippen LogP contribution is -2.44. The van der Waals surface area contributed by atoms with Gasteiger partial charge in [-0.05, 0) is 48.6 Å². The lowest BCUT2D eigenvalue weighted by molar-refractivity contribution is -0.132. The van der Waals surface area contributed by atoms with Gasteiger partial charge in [0.2, 0.25) is 5.91 Å². The van der Waals surface area contributed by atoms with Crippen LogP contribution in [0.25, 0.3) is 10.2 Å². The van der Waals surface area contributed by atoms with Crippen molar-refractivity contribution in [3.05, 3.63) is 54.7 Å². The smallest absolute Gasteiger partial charge is 0.332 e. The lowest BCUT2D eigenvalue weighted by atomic mass is 10.1. The van der Waals surface area contributed by atoms with Gasteiger partial charge in [0, 0.05) is 24.5 Å². The van der Waals surface area contributed by atoms with E-state index < -0.39 is 5.69 Å². The molecule has 0 atom stereocenters. The number of fused-ring (bicyclic) bond motifs is 1. The maximum atomic E-state index is 13.0. The van der Waals surface area contributed by atoms with E-state index in [-0.39, 0.29) is 18.0 Å². The summed E-state index contributed by atoms with van der Waals surface area (Å²) in [5.74, 6) is -0.0484. The molecule has 1 fully saturated rings. The molecule has 4 rings (SSSR count). The zero-order valence-electron chi connectivity index (χ0n) is 14.9. The molecular weight excluding hydrogens is 382 g/mol. The number of carbonyl (C=O) groups excluding carboxylic acids is 1. The van der Waals surface area contributed by atoms with E-state index in [1.807, 2.05) is 22.4 Å². The van der Waals surface area contributed by atoms with Crippen molar-refractivity contribution in [3.8, 4) is 0 Å². The third-order valence-electron chi connectivity index (χ3n) is 5.00. The molecule has 27 heavy (non-hydrogen) atoms. The Bertz CT molecular complexity index is 1060. The van der Waals surface area contributed by atoms with Crippen LogP contribution in [0.3, 0.4) is 0 Å². The van der Waals surface area contributed by atoms with Gasteiger partial charge in [-0.15, -0.1) is 22.7 Å². The molecule has 0 bridgehead atoms. The van der Waals surface area contributed by atoms with E-state index in [4.69, 9.17) is 0 Å². The molecule has 0 N–H and O–H groups in total. The minimum Gasteiger partial charge on any atom is -0.341 e. The largest absolute Gasteiger partial charge is 0.341 e. The summed E-state index contributed by atoms with van der Waals surface area (Å²) in [6.07, 6.45) is 3.79. The molecule has 1 saturated heterocycles. The van der Waals surface area contributed by atoms with E-state index in [2.05, 4.69) is 0 Å². The van der Waals surface area contributed by atoms with Crippen molar-refractivity contribution in [2.45, 2.75) is 38.8 Å². The molecule has 0 spiro atoms. The Balaban J connectivity index is 1.68. The van der Waals surface area contributed by atoms with Gasteiger partial charge >= 0.3 is 5.69 Å². The molecule has 3 aromatic heterocycles. The number of amides is 1. The Kier molecular flexibility index (Phi) is 5.27. The van der Waals surface area contributed by atoms with Gasteiger partial charge in [-0.2, -0.15) is 0 Å². The summed E-state index contributed by atoms with van der Waals surface area (Å²) < 4.78 is 3.29. The molecule has 0 radical (unpaired) electrons. The van der Waals surface area contributed by atoms with Crippen LogP contribution in [0, 0.1) is 0 Å². The number of rotatable bonds is 5. The number of nitrogens with zero attached hydrogens (tertiary/aromatic N) is 3.